The van der Waals surface area contributed by atoms with Crippen LogP contribution >= 0.6 is 43.5 Å². The van der Waals surface area contributed by atoms with Gasteiger partial charge in [-0.05, 0) is 65.9 Å². The van der Waals surface area contributed by atoms with Crippen LogP contribution in [0.5, 0.6) is 0 Å². The van der Waals surface area contributed by atoms with E-state index in [1.165, 1.54) is 5.56 Å². The molecule has 0 radical (unpaired) electrons. The summed E-state index contributed by atoms with van der Waals surface area (Å²) in [6.07, 6.45) is 2.33. The van der Waals surface area contributed by atoms with Crippen LogP contribution in [0.15, 0.2) is 75.2 Å². The highest BCUT2D eigenvalue weighted by molar-refractivity contribution is 9.10. The lowest BCUT2D eigenvalue weighted by atomic mass is 10.0. The molecule has 0 saturated carbocycles. The number of benzene rings is 3. The van der Waals surface area contributed by atoms with E-state index in [0.717, 1.165) is 32.1 Å². The minimum Gasteiger partial charge on any atom is -0.321 e. The van der Waals surface area contributed by atoms with Crippen LogP contribution in [0, 0.1) is 18.3 Å². The molecule has 3 aromatic carbocycles. The zero-order valence-corrected chi connectivity index (χ0v) is 20.0. The fraction of sp³-hybridized carbons (Fsp3) is 0.0833. The highest BCUT2D eigenvalue weighted by atomic mass is 79.9. The lowest BCUT2D eigenvalue weighted by Gasteiger charge is -2.10. The number of amides is 1. The van der Waals surface area contributed by atoms with Crippen molar-refractivity contribution in [1.29, 1.82) is 5.26 Å². The van der Waals surface area contributed by atoms with Crippen molar-refractivity contribution in [1.82, 2.24) is 0 Å². The molecule has 30 heavy (non-hydrogen) atoms. The molecule has 0 heterocycles. The van der Waals surface area contributed by atoms with Crippen molar-refractivity contribution in [2.24, 2.45) is 0 Å². The molecule has 0 aliphatic rings. The standard InChI is InChI=1S/C24H17Br2ClN2O/c1-15-22(27)7-4-8-23(15)29-24(30)19(14-28)11-16-9-10-18(21(26)12-16)13-17-5-2-3-6-20(17)25/h2-12H,13H2,1H3,(H,29,30)/b19-11+. The van der Waals surface area contributed by atoms with Crippen LogP contribution in [0.4, 0.5) is 5.69 Å². The summed E-state index contributed by atoms with van der Waals surface area (Å²) in [6.45, 7) is 1.81. The van der Waals surface area contributed by atoms with Crippen LogP contribution in [0.2, 0.25) is 5.02 Å². The first-order valence-corrected chi connectivity index (χ1v) is 11.1. The van der Waals surface area contributed by atoms with Crippen molar-refractivity contribution < 1.29 is 4.79 Å². The van der Waals surface area contributed by atoms with Gasteiger partial charge in [0.1, 0.15) is 11.6 Å². The zero-order valence-electron chi connectivity index (χ0n) is 16.0. The SMILES string of the molecule is Cc1c(Cl)cccc1NC(=O)/C(C#N)=C/c1ccc(Cc2ccccc2Br)c(Br)c1. The zero-order chi connectivity index (χ0) is 21.7. The van der Waals surface area contributed by atoms with Gasteiger partial charge in [0.15, 0.2) is 0 Å². The molecule has 6 heteroatoms. The first-order chi connectivity index (χ1) is 14.4. The van der Waals surface area contributed by atoms with Gasteiger partial charge in [0.05, 0.1) is 0 Å². The number of nitrogens with one attached hydrogen (secondary N) is 1. The largest absolute Gasteiger partial charge is 0.321 e. The third kappa shape index (κ3) is 5.40. The van der Waals surface area contributed by atoms with Gasteiger partial charge in [0.2, 0.25) is 0 Å². The summed E-state index contributed by atoms with van der Waals surface area (Å²) in [5.41, 5.74) is 4.39. The maximum Gasteiger partial charge on any atom is 0.266 e. The van der Waals surface area contributed by atoms with Gasteiger partial charge in [-0.3, -0.25) is 4.79 Å². The number of nitriles is 1. The molecule has 0 aliphatic heterocycles. The molecule has 1 amide bonds. The molecule has 3 nitrogen and oxygen atoms in total. The number of carbonyl (C=O) groups is 1. The number of carbonyl (C=O) groups excluding carboxylic acids is 1. The van der Waals surface area contributed by atoms with Gasteiger partial charge in [-0.1, -0.05) is 79.9 Å². The predicted octanol–water partition coefficient (Wildman–Crippen LogP) is 7.31. The van der Waals surface area contributed by atoms with Crippen molar-refractivity contribution >= 4 is 61.1 Å². The fourth-order valence-corrected chi connectivity index (χ4v) is 4.03. The van der Waals surface area contributed by atoms with Crippen LogP contribution in [0.1, 0.15) is 22.3 Å². The maximum atomic E-state index is 12.6. The first-order valence-electron chi connectivity index (χ1n) is 9.09. The third-order valence-electron chi connectivity index (χ3n) is 4.61. The molecule has 3 rings (SSSR count). The Bertz CT molecular complexity index is 1180. The molecular formula is C24H17Br2ClN2O. The number of hydrogen-bond acceptors (Lipinski definition) is 2. The predicted molar refractivity (Wildman–Crippen MR) is 129 cm³/mol. The van der Waals surface area contributed by atoms with E-state index < -0.39 is 5.91 Å². The van der Waals surface area contributed by atoms with Crippen molar-refractivity contribution in [3.05, 3.63) is 102 Å². The monoisotopic (exact) mass is 542 g/mol. The van der Waals surface area contributed by atoms with Gasteiger partial charge in [0, 0.05) is 19.7 Å². The molecule has 0 bridgehead atoms. The molecule has 0 spiro atoms. The Morgan fingerprint density at radius 2 is 1.80 bits per heavy atom. The second-order valence-corrected chi connectivity index (χ2v) is 8.77. The highest BCUT2D eigenvalue weighted by Gasteiger charge is 2.12. The van der Waals surface area contributed by atoms with Gasteiger partial charge < -0.3 is 5.32 Å². The average molecular weight is 545 g/mol. The molecule has 3 aromatic rings. The first kappa shape index (κ1) is 22.3. The van der Waals surface area contributed by atoms with Crippen LogP contribution in [0.25, 0.3) is 6.08 Å². The molecule has 0 aliphatic carbocycles. The van der Waals surface area contributed by atoms with E-state index in [1.54, 1.807) is 24.3 Å². The Labute approximate surface area is 197 Å². The molecule has 1 N–H and O–H groups in total. The summed E-state index contributed by atoms with van der Waals surface area (Å²) >= 11 is 13.3. The van der Waals surface area contributed by atoms with Crippen molar-refractivity contribution in [3.63, 3.8) is 0 Å². The molecule has 0 atom stereocenters. The minimum absolute atomic E-state index is 0.0137. The molecule has 0 saturated heterocycles. The Kier molecular flexibility index (Phi) is 7.49. The van der Waals surface area contributed by atoms with E-state index in [9.17, 15) is 10.1 Å². The van der Waals surface area contributed by atoms with Crippen LogP contribution in [-0.2, 0) is 11.2 Å². The lowest BCUT2D eigenvalue weighted by molar-refractivity contribution is -0.112. The second-order valence-electron chi connectivity index (χ2n) is 6.66. The molecular weight excluding hydrogens is 528 g/mol. The quantitative estimate of drug-likeness (QED) is 0.271. The topological polar surface area (TPSA) is 52.9 Å². The Balaban J connectivity index is 1.81. The lowest BCUT2D eigenvalue weighted by Crippen LogP contribution is -2.14. The number of hydrogen-bond donors (Lipinski definition) is 1. The van der Waals surface area contributed by atoms with Crippen LogP contribution in [0.3, 0.4) is 0 Å². The number of halogens is 3. The van der Waals surface area contributed by atoms with Crippen molar-refractivity contribution in [2.45, 2.75) is 13.3 Å². The Morgan fingerprint density at radius 1 is 1.07 bits per heavy atom. The summed E-state index contributed by atoms with van der Waals surface area (Å²) in [5.74, 6) is -0.476. The van der Waals surface area contributed by atoms with Gasteiger partial charge in [-0.15, -0.1) is 0 Å². The van der Waals surface area contributed by atoms with Crippen LogP contribution in [-0.4, -0.2) is 5.91 Å². The Morgan fingerprint density at radius 3 is 2.50 bits per heavy atom. The van der Waals surface area contributed by atoms with E-state index in [4.69, 9.17) is 11.6 Å². The average Bonchev–Trinajstić information content (AvgIpc) is 2.73. The van der Waals surface area contributed by atoms with Crippen molar-refractivity contribution in [2.75, 3.05) is 5.32 Å². The minimum atomic E-state index is -0.476. The van der Waals surface area contributed by atoms with E-state index in [2.05, 4.69) is 43.2 Å². The summed E-state index contributed by atoms with van der Waals surface area (Å²) < 4.78 is 1.97. The summed E-state index contributed by atoms with van der Waals surface area (Å²) in [4.78, 5) is 12.6. The van der Waals surface area contributed by atoms with Gasteiger partial charge in [-0.25, -0.2) is 0 Å². The molecule has 0 fully saturated rings. The fourth-order valence-electron chi connectivity index (χ4n) is 2.89. The highest BCUT2D eigenvalue weighted by Crippen LogP contribution is 2.27. The maximum absolute atomic E-state index is 12.6. The van der Waals surface area contributed by atoms with Gasteiger partial charge in [0.25, 0.3) is 5.91 Å². The molecule has 150 valence electrons. The summed E-state index contributed by atoms with van der Waals surface area (Å²) in [6, 6.07) is 21.1. The van der Waals surface area contributed by atoms with E-state index in [-0.39, 0.29) is 5.57 Å². The Hall–Kier alpha value is -2.39. The number of rotatable bonds is 5. The van der Waals surface area contributed by atoms with Crippen LogP contribution < -0.4 is 5.32 Å². The summed E-state index contributed by atoms with van der Waals surface area (Å²) in [7, 11) is 0. The smallest absolute Gasteiger partial charge is 0.266 e. The number of nitrogens with zero attached hydrogens (tertiary/aromatic N) is 1. The molecule has 0 unspecified atom stereocenters. The summed E-state index contributed by atoms with van der Waals surface area (Å²) in [5, 5.41) is 12.8. The van der Waals surface area contributed by atoms with Gasteiger partial charge in [-0.2, -0.15) is 5.26 Å². The van der Waals surface area contributed by atoms with E-state index >= 15 is 0 Å². The van der Waals surface area contributed by atoms with Crippen molar-refractivity contribution in [3.8, 4) is 6.07 Å². The third-order valence-corrected chi connectivity index (χ3v) is 6.53. The molecule has 0 aromatic heterocycles. The van der Waals surface area contributed by atoms with E-state index in [0.29, 0.717) is 10.7 Å². The van der Waals surface area contributed by atoms with Gasteiger partial charge >= 0.3 is 0 Å². The second kappa shape index (κ2) is 10.1. The normalized spacial score (nSPS) is 11.1. The van der Waals surface area contributed by atoms with E-state index in [1.807, 2.05) is 49.4 Å². The number of anilines is 1.